The van der Waals surface area contributed by atoms with E-state index in [1.165, 1.54) is 18.1 Å². The molecule has 7 aromatic carbocycles. The van der Waals surface area contributed by atoms with E-state index in [1.807, 2.05) is 72.8 Å². The number of ether oxygens (including phenoxy) is 4. The molecule has 0 bridgehead atoms. The zero-order valence-electron chi connectivity index (χ0n) is 35.3. The van der Waals surface area contributed by atoms with Crippen molar-refractivity contribution < 1.29 is 28.5 Å². The summed E-state index contributed by atoms with van der Waals surface area (Å²) in [7, 11) is 1.66. The molecule has 0 atom stereocenters. The number of hydrogen-bond donors (Lipinski definition) is 0. The van der Waals surface area contributed by atoms with Gasteiger partial charge in [0.15, 0.2) is 6.61 Å². The number of carbonyl (C=O) groups excluding carboxylic acids is 2. The molecule has 0 heterocycles. The molecule has 0 aliphatic heterocycles. The first-order valence-corrected chi connectivity index (χ1v) is 20.2. The van der Waals surface area contributed by atoms with Crippen LogP contribution in [0.25, 0.3) is 11.6 Å². The van der Waals surface area contributed by atoms with Gasteiger partial charge in [0, 0.05) is 29.4 Å². The third-order valence-electron chi connectivity index (χ3n) is 10.6. The maximum atomic E-state index is 12.9. The standard InChI is InChI=1S/C54H49NO6/c1-37-7-21-45(22-8-37)55(46-23-9-38(2)10-24-46)47-25-11-40(12-26-47)35-52(41-13-27-48(58-6)28-14-41)42-15-29-51(30-16-42)61-53(57)36-59-49-31-17-43(18-32-49)54(4,5)44-19-33-50(34-20-44)60-39(3)56/h7-35H,36H2,1-6H3/b52-35+. The number of hydrogen-bond acceptors (Lipinski definition) is 7. The van der Waals surface area contributed by atoms with E-state index in [-0.39, 0.29) is 18.0 Å². The third kappa shape index (κ3) is 10.4. The lowest BCUT2D eigenvalue weighted by Crippen LogP contribution is -2.19. The van der Waals surface area contributed by atoms with E-state index in [0.29, 0.717) is 17.2 Å². The number of aryl methyl sites for hydroxylation is 2. The summed E-state index contributed by atoms with van der Waals surface area (Å²) in [5, 5.41) is 0. The van der Waals surface area contributed by atoms with Gasteiger partial charge in [-0.1, -0.05) is 110 Å². The van der Waals surface area contributed by atoms with Crippen LogP contribution in [0.5, 0.6) is 23.0 Å². The number of benzene rings is 7. The van der Waals surface area contributed by atoms with Crippen LogP contribution in [0.1, 0.15) is 59.7 Å². The molecule has 0 radical (unpaired) electrons. The Bertz CT molecular complexity index is 2550. The molecule has 0 unspecified atom stereocenters. The average Bonchev–Trinajstić information content (AvgIpc) is 3.27. The summed E-state index contributed by atoms with van der Waals surface area (Å²) in [5.41, 5.74) is 11.4. The van der Waals surface area contributed by atoms with E-state index < -0.39 is 5.97 Å². The lowest BCUT2D eigenvalue weighted by atomic mass is 9.78. The Balaban J connectivity index is 1.04. The number of esters is 2. The molecular weight excluding hydrogens is 759 g/mol. The minimum Gasteiger partial charge on any atom is -0.497 e. The lowest BCUT2D eigenvalue weighted by molar-refractivity contribution is -0.136. The fourth-order valence-electron chi connectivity index (χ4n) is 7.07. The van der Waals surface area contributed by atoms with E-state index in [1.54, 1.807) is 31.4 Å². The quantitative estimate of drug-likeness (QED) is 0.0615. The van der Waals surface area contributed by atoms with Crippen molar-refractivity contribution in [2.45, 2.75) is 40.0 Å². The van der Waals surface area contributed by atoms with E-state index in [9.17, 15) is 9.59 Å². The van der Waals surface area contributed by atoms with Gasteiger partial charge in [-0.15, -0.1) is 0 Å². The molecular formula is C54H49NO6. The van der Waals surface area contributed by atoms with Crippen molar-refractivity contribution in [3.63, 3.8) is 0 Å². The average molecular weight is 808 g/mol. The molecule has 306 valence electrons. The van der Waals surface area contributed by atoms with Crippen LogP contribution in [0.15, 0.2) is 170 Å². The van der Waals surface area contributed by atoms with Gasteiger partial charge in [0.2, 0.25) is 0 Å². The Morgan fingerprint density at radius 3 is 1.39 bits per heavy atom. The van der Waals surface area contributed by atoms with E-state index >= 15 is 0 Å². The smallest absolute Gasteiger partial charge is 0.349 e. The molecule has 0 saturated heterocycles. The summed E-state index contributed by atoms with van der Waals surface area (Å²) in [6.07, 6.45) is 2.16. The Morgan fingerprint density at radius 1 is 0.525 bits per heavy atom. The number of rotatable bonds is 14. The van der Waals surface area contributed by atoms with Crippen LogP contribution in [0.2, 0.25) is 0 Å². The number of methoxy groups -OCH3 is 1. The Hall–Kier alpha value is -7.38. The van der Waals surface area contributed by atoms with E-state index in [4.69, 9.17) is 18.9 Å². The van der Waals surface area contributed by atoms with Crippen LogP contribution < -0.4 is 23.8 Å². The normalized spacial score (nSPS) is 11.4. The molecule has 7 aromatic rings. The van der Waals surface area contributed by atoms with Gasteiger partial charge in [0.25, 0.3) is 0 Å². The second-order valence-corrected chi connectivity index (χ2v) is 15.4. The molecule has 7 nitrogen and oxygen atoms in total. The fourth-order valence-corrected chi connectivity index (χ4v) is 7.07. The summed E-state index contributed by atoms with van der Waals surface area (Å²) in [6.45, 7) is 9.56. The zero-order chi connectivity index (χ0) is 42.9. The first kappa shape index (κ1) is 41.8. The van der Waals surface area contributed by atoms with E-state index in [0.717, 1.165) is 56.2 Å². The van der Waals surface area contributed by atoms with Crippen molar-refractivity contribution in [2.75, 3.05) is 18.6 Å². The molecule has 7 rings (SSSR count). The van der Waals surface area contributed by atoms with Crippen LogP contribution >= 0.6 is 0 Å². The molecule has 61 heavy (non-hydrogen) atoms. The zero-order valence-corrected chi connectivity index (χ0v) is 35.3. The highest BCUT2D eigenvalue weighted by Gasteiger charge is 2.23. The van der Waals surface area contributed by atoms with Crippen molar-refractivity contribution in [2.24, 2.45) is 0 Å². The maximum Gasteiger partial charge on any atom is 0.349 e. The highest BCUT2D eigenvalue weighted by Crippen LogP contribution is 2.37. The van der Waals surface area contributed by atoms with Crippen molar-refractivity contribution in [3.05, 3.63) is 209 Å². The highest BCUT2D eigenvalue weighted by atomic mass is 16.6. The Labute approximate surface area is 358 Å². The SMILES string of the molecule is COc1ccc(/C(=C\c2ccc(N(c3ccc(C)cc3)c3ccc(C)cc3)cc2)c2ccc(OC(=O)COc3ccc(C(C)(C)c4ccc(OC(C)=O)cc4)cc3)cc2)cc1. The van der Waals surface area contributed by atoms with Crippen LogP contribution in [-0.4, -0.2) is 25.7 Å². The van der Waals surface area contributed by atoms with Gasteiger partial charge in [0.1, 0.15) is 23.0 Å². The molecule has 0 saturated carbocycles. The van der Waals surface area contributed by atoms with Gasteiger partial charge in [-0.05, 0) is 138 Å². The minimum atomic E-state index is -0.513. The molecule has 0 N–H and O–H groups in total. The van der Waals surface area contributed by atoms with Crippen LogP contribution in [-0.2, 0) is 15.0 Å². The highest BCUT2D eigenvalue weighted by molar-refractivity contribution is 5.92. The van der Waals surface area contributed by atoms with Gasteiger partial charge < -0.3 is 23.8 Å². The van der Waals surface area contributed by atoms with Gasteiger partial charge in [-0.3, -0.25) is 4.79 Å². The fraction of sp³-hybridized carbons (Fsp3) is 0.148. The van der Waals surface area contributed by atoms with Crippen LogP contribution in [0.3, 0.4) is 0 Å². The summed E-state index contributed by atoms with van der Waals surface area (Å²) in [6, 6.07) is 56.3. The summed E-state index contributed by atoms with van der Waals surface area (Å²) in [4.78, 5) is 26.5. The molecule has 0 amide bonds. The molecule has 7 heteroatoms. The lowest BCUT2D eigenvalue weighted by Gasteiger charge is -2.26. The van der Waals surface area contributed by atoms with Gasteiger partial charge >= 0.3 is 11.9 Å². The predicted octanol–water partition coefficient (Wildman–Crippen LogP) is 12.6. The number of nitrogens with zero attached hydrogens (tertiary/aromatic N) is 1. The molecule has 0 aliphatic carbocycles. The molecule has 0 fully saturated rings. The second-order valence-electron chi connectivity index (χ2n) is 15.4. The predicted molar refractivity (Wildman–Crippen MR) is 244 cm³/mol. The second kappa shape index (κ2) is 18.7. The first-order valence-electron chi connectivity index (χ1n) is 20.2. The van der Waals surface area contributed by atoms with Gasteiger partial charge in [-0.2, -0.15) is 0 Å². The minimum absolute atomic E-state index is 0.250. The Kier molecular flexibility index (Phi) is 12.8. The van der Waals surface area contributed by atoms with Gasteiger partial charge in [0.05, 0.1) is 7.11 Å². The topological polar surface area (TPSA) is 74.3 Å². The van der Waals surface area contributed by atoms with Gasteiger partial charge in [-0.25, -0.2) is 4.79 Å². The van der Waals surface area contributed by atoms with Crippen molar-refractivity contribution in [3.8, 4) is 23.0 Å². The van der Waals surface area contributed by atoms with E-state index in [2.05, 4.69) is 111 Å². The maximum absolute atomic E-state index is 12.9. The summed E-state index contributed by atoms with van der Waals surface area (Å²) in [5.74, 6) is 1.38. The summed E-state index contributed by atoms with van der Waals surface area (Å²) < 4.78 is 22.1. The first-order chi connectivity index (χ1) is 29.4. The third-order valence-corrected chi connectivity index (χ3v) is 10.6. The Morgan fingerprint density at radius 2 is 0.934 bits per heavy atom. The monoisotopic (exact) mass is 807 g/mol. The van der Waals surface area contributed by atoms with Crippen LogP contribution in [0.4, 0.5) is 17.1 Å². The number of anilines is 3. The number of carbonyl (C=O) groups is 2. The van der Waals surface area contributed by atoms with Crippen molar-refractivity contribution in [1.29, 1.82) is 0 Å². The molecule has 0 spiro atoms. The van der Waals surface area contributed by atoms with Crippen LogP contribution in [0, 0.1) is 13.8 Å². The molecule has 0 aromatic heterocycles. The largest absolute Gasteiger partial charge is 0.497 e. The molecule has 0 aliphatic rings. The summed E-state index contributed by atoms with van der Waals surface area (Å²) >= 11 is 0. The van der Waals surface area contributed by atoms with Crippen molar-refractivity contribution in [1.82, 2.24) is 0 Å². The van der Waals surface area contributed by atoms with Crippen molar-refractivity contribution >= 4 is 40.6 Å².